The Bertz CT molecular complexity index is 604. The third-order valence-corrected chi connectivity index (χ3v) is 3.33. The van der Waals surface area contributed by atoms with Gasteiger partial charge in [-0.2, -0.15) is 0 Å². The van der Waals surface area contributed by atoms with Crippen LogP contribution in [0.3, 0.4) is 0 Å². The molecule has 0 aliphatic carbocycles. The van der Waals surface area contributed by atoms with Gasteiger partial charge in [-0.15, -0.1) is 0 Å². The zero-order chi connectivity index (χ0) is 14.5. The van der Waals surface area contributed by atoms with Crippen LogP contribution >= 0.6 is 23.8 Å². The number of benzene rings is 2. The average Bonchev–Trinajstić information content (AvgIpc) is 2.42. The number of thiocarbonyl (C=S) groups is 1. The van der Waals surface area contributed by atoms with Crippen molar-refractivity contribution >= 4 is 34.6 Å². The zero-order valence-corrected chi connectivity index (χ0v) is 12.4. The Morgan fingerprint density at radius 2 is 1.90 bits per heavy atom. The lowest BCUT2D eigenvalue weighted by Crippen LogP contribution is -2.30. The highest BCUT2D eigenvalue weighted by Crippen LogP contribution is 2.20. The molecule has 2 aromatic carbocycles. The average molecular weight is 309 g/mol. The molecule has 2 N–H and O–H groups in total. The van der Waals surface area contributed by atoms with Crippen molar-refractivity contribution in [2.75, 3.05) is 5.32 Å². The van der Waals surface area contributed by atoms with Crippen molar-refractivity contribution in [3.63, 3.8) is 0 Å². The molecule has 0 radical (unpaired) electrons. The lowest BCUT2D eigenvalue weighted by Gasteiger charge is -2.17. The maximum Gasteiger partial charge on any atom is 0.171 e. The maximum absolute atomic E-state index is 13.1. The number of rotatable bonds is 3. The molecule has 1 unspecified atom stereocenters. The first-order valence-corrected chi connectivity index (χ1v) is 6.92. The predicted octanol–water partition coefficient (Wildman–Crippen LogP) is 4.53. The molecule has 0 amide bonds. The fourth-order valence-corrected chi connectivity index (χ4v) is 2.23. The van der Waals surface area contributed by atoms with E-state index in [0.717, 1.165) is 11.3 Å². The Hall–Kier alpha value is -1.65. The van der Waals surface area contributed by atoms with Gasteiger partial charge in [0.1, 0.15) is 5.82 Å². The second-order valence-electron chi connectivity index (χ2n) is 4.36. The molecule has 104 valence electrons. The van der Waals surface area contributed by atoms with Crippen LogP contribution in [0.15, 0.2) is 48.5 Å². The summed E-state index contributed by atoms with van der Waals surface area (Å²) in [6.45, 7) is 1.93. The summed E-state index contributed by atoms with van der Waals surface area (Å²) in [6, 6.07) is 14.2. The summed E-state index contributed by atoms with van der Waals surface area (Å²) >= 11 is 11.0. The topological polar surface area (TPSA) is 24.1 Å². The van der Waals surface area contributed by atoms with Crippen molar-refractivity contribution in [1.29, 1.82) is 0 Å². The molecule has 0 aliphatic rings. The molecule has 5 heteroatoms. The van der Waals surface area contributed by atoms with Crippen molar-refractivity contribution in [3.05, 3.63) is 64.9 Å². The van der Waals surface area contributed by atoms with Crippen molar-refractivity contribution < 1.29 is 4.39 Å². The van der Waals surface area contributed by atoms with Crippen LogP contribution in [0.5, 0.6) is 0 Å². The zero-order valence-electron chi connectivity index (χ0n) is 10.9. The number of para-hydroxylation sites is 1. The largest absolute Gasteiger partial charge is 0.356 e. The third-order valence-electron chi connectivity index (χ3n) is 2.82. The number of halogens is 2. The highest BCUT2D eigenvalue weighted by atomic mass is 35.5. The Balaban J connectivity index is 1.98. The van der Waals surface area contributed by atoms with E-state index in [1.165, 1.54) is 6.07 Å². The molecule has 0 fully saturated rings. The summed E-state index contributed by atoms with van der Waals surface area (Å²) in [6.07, 6.45) is 0. The minimum absolute atomic E-state index is 0.0724. The predicted molar refractivity (Wildman–Crippen MR) is 85.6 cm³/mol. The molecule has 20 heavy (non-hydrogen) atoms. The normalized spacial score (nSPS) is 11.8. The molecular formula is C15H14ClFN2S. The van der Waals surface area contributed by atoms with Crippen molar-refractivity contribution in [2.45, 2.75) is 13.0 Å². The van der Waals surface area contributed by atoms with E-state index in [-0.39, 0.29) is 11.1 Å². The van der Waals surface area contributed by atoms with Crippen molar-refractivity contribution in [1.82, 2.24) is 5.32 Å². The van der Waals surface area contributed by atoms with Gasteiger partial charge in [0.25, 0.3) is 0 Å². The lowest BCUT2D eigenvalue weighted by atomic mass is 10.1. The third kappa shape index (κ3) is 3.92. The van der Waals surface area contributed by atoms with Gasteiger partial charge >= 0.3 is 0 Å². The second kappa shape index (κ2) is 6.68. The summed E-state index contributed by atoms with van der Waals surface area (Å²) < 4.78 is 13.1. The van der Waals surface area contributed by atoms with Crippen molar-refractivity contribution in [2.24, 2.45) is 0 Å². The maximum atomic E-state index is 13.1. The molecule has 0 bridgehead atoms. The molecule has 0 aliphatic heterocycles. The van der Waals surface area contributed by atoms with E-state index in [9.17, 15) is 4.39 Å². The number of nitrogens with one attached hydrogen (secondary N) is 2. The Morgan fingerprint density at radius 3 is 2.55 bits per heavy atom. The first-order chi connectivity index (χ1) is 9.56. The van der Waals surface area contributed by atoms with Gasteiger partial charge < -0.3 is 10.6 Å². The van der Waals surface area contributed by atoms with E-state index in [1.54, 1.807) is 12.1 Å². The molecule has 0 saturated carbocycles. The second-order valence-corrected chi connectivity index (χ2v) is 5.18. The fraction of sp³-hybridized carbons (Fsp3) is 0.133. The molecule has 2 rings (SSSR count). The Morgan fingerprint density at radius 1 is 1.20 bits per heavy atom. The monoisotopic (exact) mass is 308 g/mol. The van der Waals surface area contributed by atoms with Crippen LogP contribution < -0.4 is 10.6 Å². The molecule has 0 saturated heterocycles. The number of anilines is 1. The van der Waals surface area contributed by atoms with Gasteiger partial charge in [-0.1, -0.05) is 35.9 Å². The van der Waals surface area contributed by atoms with Crippen LogP contribution in [0.4, 0.5) is 10.1 Å². The summed E-state index contributed by atoms with van der Waals surface area (Å²) in [5, 5.41) is 6.83. The summed E-state index contributed by atoms with van der Waals surface area (Å²) in [4.78, 5) is 0. The van der Waals surface area contributed by atoms with Gasteiger partial charge in [0.2, 0.25) is 0 Å². The standard InChI is InChI=1S/C15H14ClFN2S/c1-10(11-7-8-14(17)13(16)9-11)18-15(20)19-12-5-3-2-4-6-12/h2-10H,1H3,(H2,18,19,20). The molecule has 0 aromatic heterocycles. The smallest absolute Gasteiger partial charge is 0.171 e. The molecule has 1 atom stereocenters. The van der Waals surface area contributed by atoms with Crippen LogP contribution in [-0.4, -0.2) is 5.11 Å². The minimum Gasteiger partial charge on any atom is -0.356 e. The van der Waals surface area contributed by atoms with Crippen LogP contribution in [0.25, 0.3) is 0 Å². The van der Waals surface area contributed by atoms with Crippen LogP contribution in [0.2, 0.25) is 5.02 Å². The van der Waals surface area contributed by atoms with Gasteiger partial charge in [0.15, 0.2) is 5.11 Å². The van der Waals surface area contributed by atoms with Crippen LogP contribution in [0, 0.1) is 5.82 Å². The molecule has 0 heterocycles. The number of hydrogen-bond acceptors (Lipinski definition) is 1. The van der Waals surface area contributed by atoms with E-state index in [2.05, 4.69) is 10.6 Å². The van der Waals surface area contributed by atoms with Gasteiger partial charge in [-0.25, -0.2) is 4.39 Å². The lowest BCUT2D eigenvalue weighted by molar-refractivity contribution is 0.625. The van der Waals surface area contributed by atoms with Crippen molar-refractivity contribution in [3.8, 4) is 0 Å². The van der Waals surface area contributed by atoms with Crippen LogP contribution in [0.1, 0.15) is 18.5 Å². The van der Waals surface area contributed by atoms with Crippen LogP contribution in [-0.2, 0) is 0 Å². The summed E-state index contributed by atoms with van der Waals surface area (Å²) in [5.74, 6) is -0.424. The number of hydrogen-bond donors (Lipinski definition) is 2. The molecule has 0 spiro atoms. The fourth-order valence-electron chi connectivity index (χ4n) is 1.75. The van der Waals surface area contributed by atoms with E-state index < -0.39 is 5.82 Å². The first-order valence-electron chi connectivity index (χ1n) is 6.14. The van der Waals surface area contributed by atoms with Gasteiger partial charge in [-0.3, -0.25) is 0 Å². The Labute approximate surface area is 128 Å². The highest BCUT2D eigenvalue weighted by molar-refractivity contribution is 7.80. The summed E-state index contributed by atoms with van der Waals surface area (Å²) in [7, 11) is 0. The van der Waals surface area contributed by atoms with Gasteiger partial charge in [0, 0.05) is 5.69 Å². The quantitative estimate of drug-likeness (QED) is 0.815. The highest BCUT2D eigenvalue weighted by Gasteiger charge is 2.09. The Kier molecular flexibility index (Phi) is 4.93. The van der Waals surface area contributed by atoms with Gasteiger partial charge in [-0.05, 0) is 49.0 Å². The molecule has 2 nitrogen and oxygen atoms in total. The van der Waals surface area contributed by atoms with Gasteiger partial charge in [0.05, 0.1) is 11.1 Å². The van der Waals surface area contributed by atoms with E-state index in [0.29, 0.717) is 5.11 Å². The molecule has 2 aromatic rings. The van der Waals surface area contributed by atoms with E-state index in [1.807, 2.05) is 37.3 Å². The minimum atomic E-state index is -0.424. The van der Waals surface area contributed by atoms with E-state index in [4.69, 9.17) is 23.8 Å². The molecular weight excluding hydrogens is 295 g/mol. The first kappa shape index (κ1) is 14.8. The SMILES string of the molecule is CC(NC(=S)Nc1ccccc1)c1ccc(F)c(Cl)c1. The summed E-state index contributed by atoms with van der Waals surface area (Å²) in [5.41, 5.74) is 1.78. The van der Waals surface area contributed by atoms with E-state index >= 15 is 0 Å².